The summed E-state index contributed by atoms with van der Waals surface area (Å²) in [6.07, 6.45) is 3.82. The Kier molecular flexibility index (Phi) is 4.97. The molecule has 1 saturated carbocycles. The molecular formula is C15H18ClF2NO. The third-order valence-corrected chi connectivity index (χ3v) is 4.33. The van der Waals surface area contributed by atoms with Gasteiger partial charge >= 0.3 is 0 Å². The number of rotatable bonds is 3. The number of benzene rings is 1. The second-order valence-electron chi connectivity index (χ2n) is 5.33. The maximum absolute atomic E-state index is 13.9. The summed E-state index contributed by atoms with van der Waals surface area (Å²) in [7, 11) is 0. The molecule has 1 amide bonds. The van der Waals surface area contributed by atoms with Gasteiger partial charge < -0.3 is 5.32 Å². The summed E-state index contributed by atoms with van der Waals surface area (Å²) in [6, 6.07) is 2.34. The van der Waals surface area contributed by atoms with Gasteiger partial charge in [0.05, 0.1) is 0 Å². The van der Waals surface area contributed by atoms with Gasteiger partial charge in [-0.15, -0.1) is 11.6 Å². The minimum atomic E-state index is -0.830. The van der Waals surface area contributed by atoms with Gasteiger partial charge in [0.15, 0.2) is 0 Å². The molecule has 1 aliphatic rings. The SMILES string of the molecule is Cc1ccc(F)c(C(=O)NC2CCCCC2CCl)c1F. The highest BCUT2D eigenvalue weighted by Gasteiger charge is 2.28. The van der Waals surface area contributed by atoms with E-state index in [1.54, 1.807) is 0 Å². The fraction of sp³-hybridized carbons (Fsp3) is 0.533. The van der Waals surface area contributed by atoms with Crippen molar-refractivity contribution in [3.63, 3.8) is 0 Å². The highest BCUT2D eigenvalue weighted by molar-refractivity contribution is 6.18. The van der Waals surface area contributed by atoms with Crippen molar-refractivity contribution in [3.8, 4) is 0 Å². The van der Waals surface area contributed by atoms with Gasteiger partial charge in [0.1, 0.15) is 17.2 Å². The van der Waals surface area contributed by atoms with Crippen LogP contribution in [0, 0.1) is 24.5 Å². The van der Waals surface area contributed by atoms with Crippen LogP contribution in [0.3, 0.4) is 0 Å². The number of nitrogens with one attached hydrogen (secondary N) is 1. The van der Waals surface area contributed by atoms with Gasteiger partial charge in [-0.25, -0.2) is 8.78 Å². The van der Waals surface area contributed by atoms with Crippen LogP contribution in [0.4, 0.5) is 8.78 Å². The van der Waals surface area contributed by atoms with Gasteiger partial charge in [-0.05, 0) is 37.3 Å². The highest BCUT2D eigenvalue weighted by atomic mass is 35.5. The average Bonchev–Trinajstić information content (AvgIpc) is 2.44. The Morgan fingerprint density at radius 2 is 2.05 bits per heavy atom. The van der Waals surface area contributed by atoms with E-state index in [9.17, 15) is 13.6 Å². The van der Waals surface area contributed by atoms with E-state index in [1.165, 1.54) is 13.0 Å². The molecule has 0 spiro atoms. The number of amides is 1. The average molecular weight is 302 g/mol. The number of halogens is 3. The van der Waals surface area contributed by atoms with Crippen molar-refractivity contribution >= 4 is 17.5 Å². The largest absolute Gasteiger partial charge is 0.349 e. The second kappa shape index (κ2) is 6.53. The first-order chi connectivity index (χ1) is 9.54. The van der Waals surface area contributed by atoms with E-state index in [-0.39, 0.29) is 17.5 Å². The smallest absolute Gasteiger partial charge is 0.257 e. The molecule has 0 radical (unpaired) electrons. The molecule has 1 N–H and O–H groups in total. The Labute approximate surface area is 122 Å². The first-order valence-corrected chi connectivity index (χ1v) is 7.39. The summed E-state index contributed by atoms with van der Waals surface area (Å²) >= 11 is 5.89. The van der Waals surface area contributed by atoms with Crippen molar-refractivity contribution in [2.75, 3.05) is 5.88 Å². The lowest BCUT2D eigenvalue weighted by molar-refractivity contribution is 0.0902. The molecule has 0 bridgehead atoms. The molecule has 0 saturated heterocycles. The Hall–Kier alpha value is -1.16. The number of aryl methyl sites for hydroxylation is 1. The van der Waals surface area contributed by atoms with Crippen LogP contribution in [-0.2, 0) is 0 Å². The molecule has 2 atom stereocenters. The molecule has 1 aromatic rings. The van der Waals surface area contributed by atoms with Crippen molar-refractivity contribution < 1.29 is 13.6 Å². The predicted octanol–water partition coefficient (Wildman–Crippen LogP) is 3.80. The summed E-state index contributed by atoms with van der Waals surface area (Å²) in [5, 5.41) is 2.74. The Morgan fingerprint density at radius 3 is 2.75 bits per heavy atom. The van der Waals surface area contributed by atoms with Crippen molar-refractivity contribution in [3.05, 3.63) is 34.9 Å². The molecule has 0 heterocycles. The summed E-state index contributed by atoms with van der Waals surface area (Å²) in [5.74, 6) is -1.69. The van der Waals surface area contributed by atoms with Crippen molar-refractivity contribution in [1.29, 1.82) is 0 Å². The third kappa shape index (κ3) is 3.11. The van der Waals surface area contributed by atoms with Gasteiger partial charge in [0.25, 0.3) is 5.91 Å². The van der Waals surface area contributed by atoms with Gasteiger partial charge in [-0.2, -0.15) is 0 Å². The van der Waals surface area contributed by atoms with Crippen molar-refractivity contribution in [1.82, 2.24) is 5.32 Å². The maximum Gasteiger partial charge on any atom is 0.257 e. The zero-order valence-electron chi connectivity index (χ0n) is 11.4. The lowest BCUT2D eigenvalue weighted by Gasteiger charge is -2.30. The fourth-order valence-electron chi connectivity index (χ4n) is 2.69. The van der Waals surface area contributed by atoms with Crippen LogP contribution in [-0.4, -0.2) is 17.8 Å². The topological polar surface area (TPSA) is 29.1 Å². The van der Waals surface area contributed by atoms with Gasteiger partial charge in [-0.3, -0.25) is 4.79 Å². The molecule has 1 aliphatic carbocycles. The quantitative estimate of drug-likeness (QED) is 0.845. The monoisotopic (exact) mass is 301 g/mol. The molecule has 2 rings (SSSR count). The molecule has 5 heteroatoms. The van der Waals surface area contributed by atoms with E-state index >= 15 is 0 Å². The first kappa shape index (κ1) is 15.2. The number of hydrogen-bond acceptors (Lipinski definition) is 1. The third-order valence-electron chi connectivity index (χ3n) is 3.94. The van der Waals surface area contributed by atoms with E-state index in [0.29, 0.717) is 5.88 Å². The lowest BCUT2D eigenvalue weighted by Crippen LogP contribution is -2.43. The minimum Gasteiger partial charge on any atom is -0.349 e. The Bertz CT molecular complexity index is 507. The van der Waals surface area contributed by atoms with Crippen molar-refractivity contribution in [2.45, 2.75) is 38.6 Å². The molecular weight excluding hydrogens is 284 g/mol. The number of carbonyl (C=O) groups excluding carboxylic acids is 1. The number of hydrogen-bond donors (Lipinski definition) is 1. The van der Waals surface area contributed by atoms with Crippen LogP contribution >= 0.6 is 11.6 Å². The van der Waals surface area contributed by atoms with Gasteiger partial charge in [0.2, 0.25) is 0 Å². The highest BCUT2D eigenvalue weighted by Crippen LogP contribution is 2.26. The number of alkyl halides is 1. The predicted molar refractivity (Wildman–Crippen MR) is 75.0 cm³/mol. The van der Waals surface area contributed by atoms with Crippen LogP contribution in [0.5, 0.6) is 0 Å². The van der Waals surface area contributed by atoms with Crippen LogP contribution in [0.1, 0.15) is 41.6 Å². The van der Waals surface area contributed by atoms with E-state index in [2.05, 4.69) is 5.32 Å². The zero-order valence-corrected chi connectivity index (χ0v) is 12.1. The normalized spacial score (nSPS) is 22.6. The standard InChI is InChI=1S/C15H18ClF2NO/c1-9-6-7-11(17)13(14(9)18)15(20)19-12-5-3-2-4-10(12)8-16/h6-7,10,12H,2-5,8H2,1H3,(H,19,20). The van der Waals surface area contributed by atoms with Crippen LogP contribution in [0.25, 0.3) is 0 Å². The molecule has 0 aliphatic heterocycles. The van der Waals surface area contributed by atoms with E-state index < -0.39 is 23.1 Å². The molecule has 110 valence electrons. The Balaban J connectivity index is 2.18. The van der Waals surface area contributed by atoms with Crippen LogP contribution in [0.15, 0.2) is 12.1 Å². The van der Waals surface area contributed by atoms with E-state index in [0.717, 1.165) is 31.7 Å². The second-order valence-corrected chi connectivity index (χ2v) is 5.64. The minimum absolute atomic E-state index is 0.104. The molecule has 0 aromatic heterocycles. The van der Waals surface area contributed by atoms with Crippen LogP contribution in [0.2, 0.25) is 0 Å². The fourth-order valence-corrected chi connectivity index (χ4v) is 3.06. The molecule has 1 aromatic carbocycles. The first-order valence-electron chi connectivity index (χ1n) is 6.86. The summed E-state index contributed by atoms with van der Waals surface area (Å²) in [4.78, 5) is 12.1. The summed E-state index contributed by atoms with van der Waals surface area (Å²) in [6.45, 7) is 1.51. The van der Waals surface area contributed by atoms with Crippen molar-refractivity contribution in [2.24, 2.45) is 5.92 Å². The van der Waals surface area contributed by atoms with Gasteiger partial charge in [0, 0.05) is 11.9 Å². The molecule has 2 unspecified atom stereocenters. The number of carbonyl (C=O) groups is 1. The summed E-state index contributed by atoms with van der Waals surface area (Å²) in [5.41, 5.74) is -0.238. The molecule has 1 fully saturated rings. The zero-order chi connectivity index (χ0) is 14.7. The summed E-state index contributed by atoms with van der Waals surface area (Å²) < 4.78 is 27.6. The van der Waals surface area contributed by atoms with Gasteiger partial charge in [-0.1, -0.05) is 18.9 Å². The van der Waals surface area contributed by atoms with E-state index in [1.807, 2.05) is 0 Å². The Morgan fingerprint density at radius 1 is 1.35 bits per heavy atom. The lowest BCUT2D eigenvalue weighted by atomic mass is 9.85. The molecule has 2 nitrogen and oxygen atoms in total. The molecule has 20 heavy (non-hydrogen) atoms. The maximum atomic E-state index is 13.9. The van der Waals surface area contributed by atoms with Crippen LogP contribution < -0.4 is 5.32 Å². The van der Waals surface area contributed by atoms with E-state index in [4.69, 9.17) is 11.6 Å².